The molecule has 4 heteroatoms. The van der Waals surface area contributed by atoms with Gasteiger partial charge in [0.15, 0.2) is 5.78 Å². The fraction of sp³-hybridized carbons (Fsp3) is 0.389. The van der Waals surface area contributed by atoms with E-state index in [4.69, 9.17) is 0 Å². The van der Waals surface area contributed by atoms with Crippen molar-refractivity contribution >= 4 is 11.7 Å². The Kier molecular flexibility index (Phi) is 4.47. The minimum Gasteiger partial charge on any atom is -0.354 e. The van der Waals surface area contributed by atoms with Crippen LogP contribution in [0.3, 0.4) is 0 Å². The Morgan fingerprint density at radius 2 is 2.05 bits per heavy atom. The van der Waals surface area contributed by atoms with Gasteiger partial charge in [0.2, 0.25) is 5.95 Å². The molecular weight excluding hydrogens is 274 g/mol. The molecule has 0 saturated heterocycles. The normalized spacial score (nSPS) is 17.1. The lowest BCUT2D eigenvalue weighted by atomic mass is 9.82. The van der Waals surface area contributed by atoms with Gasteiger partial charge in [-0.15, -0.1) is 0 Å². The lowest BCUT2D eigenvalue weighted by Gasteiger charge is -2.23. The summed E-state index contributed by atoms with van der Waals surface area (Å²) in [4.78, 5) is 21.2. The van der Waals surface area contributed by atoms with Crippen LogP contribution >= 0.6 is 0 Å². The number of unbranched alkanes of at least 4 members (excludes halogenated alkanes) is 1. The third kappa shape index (κ3) is 3.16. The minimum absolute atomic E-state index is 0.148. The largest absolute Gasteiger partial charge is 0.354 e. The maximum absolute atomic E-state index is 12.3. The van der Waals surface area contributed by atoms with Crippen molar-refractivity contribution in [2.24, 2.45) is 0 Å². The Hall–Kier alpha value is -2.23. The van der Waals surface area contributed by atoms with Crippen LogP contribution in [-0.4, -0.2) is 22.3 Å². The van der Waals surface area contributed by atoms with Crippen molar-refractivity contribution in [3.8, 4) is 0 Å². The van der Waals surface area contributed by atoms with Gasteiger partial charge in [0.05, 0.1) is 11.3 Å². The summed E-state index contributed by atoms with van der Waals surface area (Å²) in [6.07, 6.45) is 5.25. The molecule has 3 rings (SSSR count). The quantitative estimate of drug-likeness (QED) is 0.856. The Bertz CT molecular complexity index is 655. The van der Waals surface area contributed by atoms with Crippen molar-refractivity contribution in [3.63, 3.8) is 0 Å². The smallest absolute Gasteiger partial charge is 0.222 e. The lowest BCUT2D eigenvalue weighted by molar-refractivity contribution is 0.0962. The lowest BCUT2D eigenvalue weighted by Crippen LogP contribution is -2.21. The molecule has 1 aromatic carbocycles. The number of hydrogen-bond donors (Lipinski definition) is 1. The average Bonchev–Trinajstić information content (AvgIpc) is 2.55. The van der Waals surface area contributed by atoms with Crippen LogP contribution in [0.5, 0.6) is 0 Å². The highest BCUT2D eigenvalue weighted by Crippen LogP contribution is 2.31. The van der Waals surface area contributed by atoms with E-state index in [1.807, 2.05) is 18.2 Å². The SMILES string of the molecule is CCCCNc1ncc2c(n1)CC(c1ccccc1)CC2=O. The Morgan fingerprint density at radius 1 is 1.23 bits per heavy atom. The van der Waals surface area contributed by atoms with Crippen molar-refractivity contribution in [2.45, 2.75) is 38.5 Å². The number of Topliss-reactive ketones (excluding diaryl/α,β-unsaturated/α-hetero) is 1. The zero-order chi connectivity index (χ0) is 15.4. The summed E-state index contributed by atoms with van der Waals surface area (Å²) in [5.74, 6) is 1.00. The van der Waals surface area contributed by atoms with E-state index in [1.54, 1.807) is 6.20 Å². The third-order valence-corrected chi connectivity index (χ3v) is 4.12. The monoisotopic (exact) mass is 295 g/mol. The Morgan fingerprint density at radius 3 is 2.82 bits per heavy atom. The summed E-state index contributed by atoms with van der Waals surface area (Å²) >= 11 is 0. The first kappa shape index (κ1) is 14.7. The second-order valence-corrected chi connectivity index (χ2v) is 5.77. The number of nitrogens with zero attached hydrogens (tertiary/aromatic N) is 2. The number of anilines is 1. The molecule has 114 valence electrons. The molecule has 0 saturated carbocycles. The van der Waals surface area contributed by atoms with E-state index in [9.17, 15) is 4.79 Å². The molecule has 0 radical (unpaired) electrons. The van der Waals surface area contributed by atoms with Crippen molar-refractivity contribution < 1.29 is 4.79 Å². The molecule has 4 nitrogen and oxygen atoms in total. The zero-order valence-electron chi connectivity index (χ0n) is 12.9. The van der Waals surface area contributed by atoms with Gasteiger partial charge in [-0.1, -0.05) is 43.7 Å². The van der Waals surface area contributed by atoms with E-state index in [2.05, 4.69) is 34.3 Å². The fourth-order valence-corrected chi connectivity index (χ4v) is 2.87. The molecule has 1 aromatic heterocycles. The summed E-state index contributed by atoms with van der Waals surface area (Å²) < 4.78 is 0. The number of ketones is 1. The highest BCUT2D eigenvalue weighted by Gasteiger charge is 2.27. The predicted octanol–water partition coefficient (Wildman–Crippen LogP) is 3.60. The third-order valence-electron chi connectivity index (χ3n) is 4.12. The van der Waals surface area contributed by atoms with Gasteiger partial charge in [0.1, 0.15) is 0 Å². The number of fused-ring (bicyclic) bond motifs is 1. The number of aromatic nitrogens is 2. The second-order valence-electron chi connectivity index (χ2n) is 5.77. The van der Waals surface area contributed by atoms with Gasteiger partial charge in [0.25, 0.3) is 0 Å². The maximum atomic E-state index is 12.3. The zero-order valence-corrected chi connectivity index (χ0v) is 12.9. The number of rotatable bonds is 5. The second kappa shape index (κ2) is 6.69. The Balaban J connectivity index is 1.81. The molecule has 1 heterocycles. The van der Waals surface area contributed by atoms with Crippen LogP contribution in [0.4, 0.5) is 5.95 Å². The fourth-order valence-electron chi connectivity index (χ4n) is 2.87. The van der Waals surface area contributed by atoms with Crippen LogP contribution in [0, 0.1) is 0 Å². The number of hydrogen-bond acceptors (Lipinski definition) is 4. The summed E-state index contributed by atoms with van der Waals surface area (Å²) in [6.45, 7) is 3.02. The van der Waals surface area contributed by atoms with Crippen molar-refractivity contribution in [1.29, 1.82) is 0 Å². The van der Waals surface area contributed by atoms with Gasteiger partial charge in [-0.3, -0.25) is 4.79 Å². The molecule has 2 aromatic rings. The molecule has 1 aliphatic rings. The molecule has 1 N–H and O–H groups in total. The molecule has 22 heavy (non-hydrogen) atoms. The van der Waals surface area contributed by atoms with Crippen LogP contribution in [0.15, 0.2) is 36.5 Å². The Labute approximate surface area is 131 Å². The molecule has 0 aliphatic heterocycles. The van der Waals surface area contributed by atoms with Gasteiger partial charge in [-0.05, 0) is 24.3 Å². The van der Waals surface area contributed by atoms with Crippen LogP contribution in [0.1, 0.15) is 53.7 Å². The van der Waals surface area contributed by atoms with E-state index in [1.165, 1.54) is 5.56 Å². The maximum Gasteiger partial charge on any atom is 0.222 e. The van der Waals surface area contributed by atoms with E-state index in [-0.39, 0.29) is 11.7 Å². The number of carbonyl (C=O) groups is 1. The summed E-state index contributed by atoms with van der Waals surface area (Å²) in [5, 5.41) is 3.23. The average molecular weight is 295 g/mol. The number of nitrogens with one attached hydrogen (secondary N) is 1. The molecule has 0 bridgehead atoms. The number of benzene rings is 1. The summed E-state index contributed by atoms with van der Waals surface area (Å²) in [5.41, 5.74) is 2.77. The first-order chi connectivity index (χ1) is 10.8. The van der Waals surface area contributed by atoms with E-state index < -0.39 is 0 Å². The van der Waals surface area contributed by atoms with E-state index in [0.29, 0.717) is 17.9 Å². The molecule has 1 aliphatic carbocycles. The van der Waals surface area contributed by atoms with Gasteiger partial charge in [-0.2, -0.15) is 0 Å². The summed E-state index contributed by atoms with van der Waals surface area (Å²) in [6, 6.07) is 10.2. The molecule has 0 fully saturated rings. The predicted molar refractivity (Wildman–Crippen MR) is 87.3 cm³/mol. The molecule has 1 atom stereocenters. The first-order valence-corrected chi connectivity index (χ1v) is 7.96. The molecule has 1 unspecified atom stereocenters. The molecule has 0 amide bonds. The van der Waals surface area contributed by atoms with Crippen LogP contribution < -0.4 is 5.32 Å². The van der Waals surface area contributed by atoms with Gasteiger partial charge < -0.3 is 5.32 Å². The molecular formula is C18H21N3O. The van der Waals surface area contributed by atoms with Crippen LogP contribution in [0.25, 0.3) is 0 Å². The van der Waals surface area contributed by atoms with E-state index in [0.717, 1.165) is 31.5 Å². The van der Waals surface area contributed by atoms with Gasteiger partial charge in [-0.25, -0.2) is 9.97 Å². The standard InChI is InChI=1S/C18H21N3O/c1-2-3-9-19-18-20-12-15-16(21-18)10-14(11-17(15)22)13-7-5-4-6-8-13/h4-8,12,14H,2-3,9-11H2,1H3,(H,19,20,21). The van der Waals surface area contributed by atoms with E-state index >= 15 is 0 Å². The van der Waals surface area contributed by atoms with Crippen molar-refractivity contribution in [2.75, 3.05) is 11.9 Å². The van der Waals surface area contributed by atoms with Gasteiger partial charge in [0, 0.05) is 19.2 Å². The first-order valence-electron chi connectivity index (χ1n) is 7.96. The van der Waals surface area contributed by atoms with Gasteiger partial charge >= 0.3 is 0 Å². The van der Waals surface area contributed by atoms with Crippen LogP contribution in [-0.2, 0) is 6.42 Å². The van der Waals surface area contributed by atoms with Crippen LogP contribution in [0.2, 0.25) is 0 Å². The topological polar surface area (TPSA) is 54.9 Å². The highest BCUT2D eigenvalue weighted by atomic mass is 16.1. The highest BCUT2D eigenvalue weighted by molar-refractivity contribution is 5.98. The van der Waals surface area contributed by atoms with Crippen molar-refractivity contribution in [1.82, 2.24) is 9.97 Å². The number of carbonyl (C=O) groups excluding carboxylic acids is 1. The van der Waals surface area contributed by atoms with Crippen molar-refractivity contribution in [3.05, 3.63) is 53.3 Å². The molecule has 0 spiro atoms. The summed E-state index contributed by atoms with van der Waals surface area (Å²) in [7, 11) is 0. The minimum atomic E-state index is 0.148.